The average molecular weight is 421 g/mol. The van der Waals surface area contributed by atoms with Crippen molar-refractivity contribution in [2.75, 3.05) is 12.4 Å². The number of anilines is 1. The lowest BCUT2D eigenvalue weighted by atomic mass is 10.2. The lowest BCUT2D eigenvalue weighted by Gasteiger charge is -2.07. The Labute approximate surface area is 162 Å². The molecule has 0 unspecified atom stereocenters. The van der Waals surface area contributed by atoms with Crippen LogP contribution >= 0.6 is 57.7 Å². The molecule has 3 rings (SSSR count). The highest BCUT2D eigenvalue weighted by molar-refractivity contribution is 7.22. The molecule has 3 nitrogen and oxygen atoms in total. The molecule has 124 valence electrons. The molecular formula is C16H9Cl4NO2S. The van der Waals surface area contributed by atoms with E-state index in [4.69, 9.17) is 51.1 Å². The van der Waals surface area contributed by atoms with Crippen molar-refractivity contribution in [1.29, 1.82) is 0 Å². The van der Waals surface area contributed by atoms with Gasteiger partial charge in [-0.05, 0) is 24.3 Å². The molecule has 1 amide bonds. The van der Waals surface area contributed by atoms with Crippen LogP contribution in [0.2, 0.25) is 20.1 Å². The van der Waals surface area contributed by atoms with E-state index in [1.165, 1.54) is 18.4 Å². The predicted octanol–water partition coefficient (Wildman–Crippen LogP) is 6.78. The molecule has 1 heterocycles. The smallest absolute Gasteiger partial charge is 0.267 e. The summed E-state index contributed by atoms with van der Waals surface area (Å²) < 4.78 is 5.87. The summed E-state index contributed by atoms with van der Waals surface area (Å²) in [5.74, 6) is 0.132. The van der Waals surface area contributed by atoms with Gasteiger partial charge in [-0.2, -0.15) is 0 Å². The SMILES string of the molecule is COc1ccc2c(Cl)c(C(=O)Nc3cccc(Cl)c3Cl)sc2c1Cl. The normalized spacial score (nSPS) is 10.9. The average Bonchev–Trinajstić information content (AvgIpc) is 2.90. The second kappa shape index (κ2) is 6.98. The van der Waals surface area contributed by atoms with E-state index in [-0.39, 0.29) is 10.9 Å². The maximum atomic E-state index is 12.6. The molecule has 2 aromatic carbocycles. The third-order valence-electron chi connectivity index (χ3n) is 3.33. The van der Waals surface area contributed by atoms with Gasteiger partial charge in [0.15, 0.2) is 0 Å². The van der Waals surface area contributed by atoms with Crippen molar-refractivity contribution >= 4 is 79.4 Å². The number of nitrogens with one attached hydrogen (secondary N) is 1. The van der Waals surface area contributed by atoms with Gasteiger partial charge in [-0.15, -0.1) is 11.3 Å². The van der Waals surface area contributed by atoms with Crippen LogP contribution in [0.1, 0.15) is 9.67 Å². The summed E-state index contributed by atoms with van der Waals surface area (Å²) in [4.78, 5) is 12.9. The summed E-state index contributed by atoms with van der Waals surface area (Å²) in [5, 5.41) is 4.77. The molecule has 1 aromatic heterocycles. The Bertz CT molecular complexity index is 955. The molecule has 3 aromatic rings. The number of ether oxygens (including phenoxy) is 1. The van der Waals surface area contributed by atoms with Crippen molar-refractivity contribution in [3.8, 4) is 5.75 Å². The van der Waals surface area contributed by atoms with Crippen molar-refractivity contribution < 1.29 is 9.53 Å². The molecule has 0 atom stereocenters. The second-order valence-corrected chi connectivity index (χ2v) is 7.32. The molecule has 0 fully saturated rings. The van der Waals surface area contributed by atoms with Crippen LogP contribution in [0.25, 0.3) is 10.1 Å². The van der Waals surface area contributed by atoms with Crippen molar-refractivity contribution in [2.24, 2.45) is 0 Å². The summed E-state index contributed by atoms with van der Waals surface area (Å²) in [6.45, 7) is 0. The fourth-order valence-electron chi connectivity index (χ4n) is 2.16. The first-order valence-corrected chi connectivity index (χ1v) is 8.96. The van der Waals surface area contributed by atoms with E-state index < -0.39 is 0 Å². The zero-order valence-electron chi connectivity index (χ0n) is 12.1. The number of carbonyl (C=O) groups excluding carboxylic acids is 1. The first kappa shape index (κ1) is 17.6. The third-order valence-corrected chi connectivity index (χ3v) is 6.36. The number of methoxy groups -OCH3 is 1. The van der Waals surface area contributed by atoms with Gasteiger partial charge in [-0.3, -0.25) is 4.79 Å². The predicted molar refractivity (Wildman–Crippen MR) is 103 cm³/mol. The highest BCUT2D eigenvalue weighted by atomic mass is 35.5. The molecule has 24 heavy (non-hydrogen) atoms. The molecular weight excluding hydrogens is 412 g/mol. The summed E-state index contributed by atoms with van der Waals surface area (Å²) in [7, 11) is 1.52. The quantitative estimate of drug-likeness (QED) is 0.507. The maximum absolute atomic E-state index is 12.6. The number of hydrogen-bond acceptors (Lipinski definition) is 3. The van der Waals surface area contributed by atoms with E-state index in [0.717, 1.165) is 0 Å². The minimum Gasteiger partial charge on any atom is -0.495 e. The van der Waals surface area contributed by atoms with Gasteiger partial charge < -0.3 is 10.1 Å². The zero-order valence-corrected chi connectivity index (χ0v) is 16.0. The van der Waals surface area contributed by atoms with Crippen molar-refractivity contribution in [3.05, 3.63) is 55.3 Å². The van der Waals surface area contributed by atoms with Gasteiger partial charge in [0.05, 0.1) is 32.6 Å². The number of fused-ring (bicyclic) bond motifs is 1. The van der Waals surface area contributed by atoms with Gasteiger partial charge in [0.1, 0.15) is 15.6 Å². The van der Waals surface area contributed by atoms with E-state index in [9.17, 15) is 4.79 Å². The molecule has 0 saturated heterocycles. The highest BCUT2D eigenvalue weighted by Crippen LogP contribution is 2.43. The molecule has 0 radical (unpaired) electrons. The Morgan fingerprint density at radius 3 is 2.50 bits per heavy atom. The summed E-state index contributed by atoms with van der Waals surface area (Å²) in [6.07, 6.45) is 0. The number of halogens is 4. The van der Waals surface area contributed by atoms with Crippen LogP contribution < -0.4 is 10.1 Å². The fourth-order valence-corrected chi connectivity index (χ4v) is 4.30. The largest absolute Gasteiger partial charge is 0.495 e. The van der Waals surface area contributed by atoms with Gasteiger partial charge in [0, 0.05) is 5.39 Å². The van der Waals surface area contributed by atoms with E-state index in [1.54, 1.807) is 30.3 Å². The van der Waals surface area contributed by atoms with E-state index >= 15 is 0 Å². The van der Waals surface area contributed by atoms with Crippen LogP contribution in [0, 0.1) is 0 Å². The molecule has 0 aliphatic rings. The molecule has 0 aliphatic heterocycles. The van der Waals surface area contributed by atoms with Crippen LogP contribution in [0.3, 0.4) is 0 Å². The lowest BCUT2D eigenvalue weighted by molar-refractivity contribution is 0.103. The Balaban J connectivity index is 2.03. The van der Waals surface area contributed by atoms with Crippen molar-refractivity contribution in [3.63, 3.8) is 0 Å². The monoisotopic (exact) mass is 419 g/mol. The number of hydrogen-bond donors (Lipinski definition) is 1. The zero-order chi connectivity index (χ0) is 17.4. The van der Waals surface area contributed by atoms with Crippen LogP contribution in [-0.2, 0) is 0 Å². The number of rotatable bonds is 3. The Morgan fingerprint density at radius 1 is 1.04 bits per heavy atom. The highest BCUT2D eigenvalue weighted by Gasteiger charge is 2.21. The van der Waals surface area contributed by atoms with Crippen molar-refractivity contribution in [2.45, 2.75) is 0 Å². The fraction of sp³-hybridized carbons (Fsp3) is 0.0625. The summed E-state index contributed by atoms with van der Waals surface area (Å²) in [6, 6.07) is 8.46. The van der Waals surface area contributed by atoms with Gasteiger partial charge >= 0.3 is 0 Å². The van der Waals surface area contributed by atoms with E-state index in [1.807, 2.05) is 0 Å². The first-order valence-electron chi connectivity index (χ1n) is 6.64. The Kier molecular flexibility index (Phi) is 5.13. The van der Waals surface area contributed by atoms with E-state index in [0.29, 0.717) is 41.5 Å². The Morgan fingerprint density at radius 2 is 1.79 bits per heavy atom. The summed E-state index contributed by atoms with van der Waals surface area (Å²) in [5.41, 5.74) is 0.409. The van der Waals surface area contributed by atoms with Crippen LogP contribution in [-0.4, -0.2) is 13.0 Å². The first-order chi connectivity index (χ1) is 11.4. The van der Waals surface area contributed by atoms with Gasteiger partial charge in [0.2, 0.25) is 0 Å². The van der Waals surface area contributed by atoms with Crippen LogP contribution in [0.5, 0.6) is 5.75 Å². The molecule has 0 aliphatic carbocycles. The summed E-state index contributed by atoms with van der Waals surface area (Å²) >= 11 is 25.9. The second-order valence-electron chi connectivity index (χ2n) is 4.76. The molecule has 0 bridgehead atoms. The topological polar surface area (TPSA) is 38.3 Å². The molecule has 0 spiro atoms. The lowest BCUT2D eigenvalue weighted by Crippen LogP contribution is -2.11. The van der Waals surface area contributed by atoms with Crippen molar-refractivity contribution in [1.82, 2.24) is 0 Å². The number of thiophene rings is 1. The van der Waals surface area contributed by atoms with Crippen LogP contribution in [0.15, 0.2) is 30.3 Å². The molecule has 0 saturated carbocycles. The van der Waals surface area contributed by atoms with Gasteiger partial charge in [0.25, 0.3) is 5.91 Å². The number of amides is 1. The standard InChI is InChI=1S/C16H9Cl4NO2S/c1-23-10-6-5-7-11(18)15(24-14(7)13(10)20)16(22)21-9-4-2-3-8(17)12(9)19/h2-6H,1H3,(H,21,22). The molecule has 1 N–H and O–H groups in total. The van der Waals surface area contributed by atoms with E-state index in [2.05, 4.69) is 5.32 Å². The molecule has 8 heteroatoms. The van der Waals surface area contributed by atoms with Gasteiger partial charge in [-0.1, -0.05) is 52.5 Å². The van der Waals surface area contributed by atoms with Crippen LogP contribution in [0.4, 0.5) is 5.69 Å². The third kappa shape index (κ3) is 3.05. The maximum Gasteiger partial charge on any atom is 0.267 e. The minimum atomic E-state index is -0.389. The number of carbonyl (C=O) groups is 1. The Hall–Kier alpha value is -1.17. The number of benzene rings is 2. The minimum absolute atomic E-state index is 0.268. The van der Waals surface area contributed by atoms with Gasteiger partial charge in [-0.25, -0.2) is 0 Å².